The lowest BCUT2D eigenvalue weighted by atomic mass is 9.99. The summed E-state index contributed by atoms with van der Waals surface area (Å²) in [6, 6.07) is 10.5. The van der Waals surface area contributed by atoms with Gasteiger partial charge in [0.25, 0.3) is 0 Å². The zero-order valence-electron chi connectivity index (χ0n) is 12.7. The highest BCUT2D eigenvalue weighted by molar-refractivity contribution is 5.99. The minimum absolute atomic E-state index is 0.168. The standard InChI is InChI=1S/C17H15FO6/c1-23-11-4-2-10(3-5-11)9-24-12-6-7-13(14(18)8-12)15(16(19)20)17(21)22/h2-8,15H,9H2,1H3,(H,19,20)(H,21,22). The summed E-state index contributed by atoms with van der Waals surface area (Å²) in [7, 11) is 1.55. The fourth-order valence-corrected chi connectivity index (χ4v) is 2.09. The van der Waals surface area contributed by atoms with Crippen LogP contribution >= 0.6 is 0 Å². The number of aliphatic carboxylic acids is 2. The SMILES string of the molecule is COc1ccc(COc2ccc(C(C(=O)O)C(=O)O)c(F)c2)cc1. The monoisotopic (exact) mass is 334 g/mol. The number of methoxy groups -OCH3 is 1. The van der Waals surface area contributed by atoms with Crippen LogP contribution in [-0.4, -0.2) is 29.3 Å². The maximum absolute atomic E-state index is 14.0. The van der Waals surface area contributed by atoms with E-state index in [0.29, 0.717) is 5.75 Å². The Hall–Kier alpha value is -3.09. The molecule has 0 spiro atoms. The van der Waals surface area contributed by atoms with E-state index in [1.807, 2.05) is 0 Å². The van der Waals surface area contributed by atoms with Crippen LogP contribution in [0.3, 0.4) is 0 Å². The molecule has 24 heavy (non-hydrogen) atoms. The molecule has 0 aliphatic heterocycles. The third kappa shape index (κ3) is 4.01. The highest BCUT2D eigenvalue weighted by Gasteiger charge is 2.30. The second-order valence-electron chi connectivity index (χ2n) is 4.93. The van der Waals surface area contributed by atoms with Crippen molar-refractivity contribution in [3.05, 3.63) is 59.4 Å². The van der Waals surface area contributed by atoms with Crippen molar-refractivity contribution in [1.82, 2.24) is 0 Å². The van der Waals surface area contributed by atoms with Gasteiger partial charge in [-0.2, -0.15) is 0 Å². The van der Waals surface area contributed by atoms with Crippen LogP contribution in [0.5, 0.6) is 11.5 Å². The topological polar surface area (TPSA) is 93.1 Å². The van der Waals surface area contributed by atoms with Gasteiger partial charge in [-0.05, 0) is 23.8 Å². The van der Waals surface area contributed by atoms with Gasteiger partial charge in [-0.15, -0.1) is 0 Å². The molecular weight excluding hydrogens is 319 g/mol. The van der Waals surface area contributed by atoms with E-state index >= 15 is 0 Å². The summed E-state index contributed by atoms with van der Waals surface area (Å²) in [5.41, 5.74) is 0.404. The van der Waals surface area contributed by atoms with Crippen molar-refractivity contribution < 1.29 is 33.7 Å². The van der Waals surface area contributed by atoms with Crippen molar-refractivity contribution in [1.29, 1.82) is 0 Å². The molecule has 2 N–H and O–H groups in total. The molecule has 0 atom stereocenters. The van der Waals surface area contributed by atoms with Crippen LogP contribution in [0.2, 0.25) is 0 Å². The number of hydrogen-bond acceptors (Lipinski definition) is 4. The molecule has 0 aliphatic rings. The van der Waals surface area contributed by atoms with E-state index in [0.717, 1.165) is 17.7 Å². The summed E-state index contributed by atoms with van der Waals surface area (Å²) in [5, 5.41) is 17.8. The Balaban J connectivity index is 2.11. The lowest BCUT2D eigenvalue weighted by Crippen LogP contribution is -2.22. The Morgan fingerprint density at radius 2 is 1.62 bits per heavy atom. The first-order valence-corrected chi connectivity index (χ1v) is 6.93. The summed E-state index contributed by atoms with van der Waals surface area (Å²) >= 11 is 0. The Morgan fingerprint density at radius 3 is 2.12 bits per heavy atom. The predicted octanol–water partition coefficient (Wildman–Crippen LogP) is 2.67. The van der Waals surface area contributed by atoms with Crippen molar-refractivity contribution in [3.8, 4) is 11.5 Å². The molecule has 0 saturated heterocycles. The van der Waals surface area contributed by atoms with E-state index in [1.165, 1.54) is 6.07 Å². The molecule has 0 saturated carbocycles. The van der Waals surface area contributed by atoms with Crippen molar-refractivity contribution in [3.63, 3.8) is 0 Å². The number of carboxylic acids is 2. The van der Waals surface area contributed by atoms with Crippen LogP contribution in [0.25, 0.3) is 0 Å². The summed E-state index contributed by atoms with van der Waals surface area (Å²) in [5.74, 6) is -5.30. The van der Waals surface area contributed by atoms with Gasteiger partial charge in [0.1, 0.15) is 23.9 Å². The van der Waals surface area contributed by atoms with Gasteiger partial charge in [0, 0.05) is 11.6 Å². The molecule has 6 nitrogen and oxygen atoms in total. The van der Waals surface area contributed by atoms with E-state index in [4.69, 9.17) is 19.7 Å². The molecule has 0 amide bonds. The predicted molar refractivity (Wildman–Crippen MR) is 81.7 cm³/mol. The number of halogens is 1. The third-order valence-electron chi connectivity index (χ3n) is 3.34. The Bertz CT molecular complexity index is 727. The lowest BCUT2D eigenvalue weighted by Gasteiger charge is -2.11. The maximum Gasteiger partial charge on any atom is 0.322 e. The summed E-state index contributed by atoms with van der Waals surface area (Å²) < 4.78 is 24.5. The molecule has 7 heteroatoms. The van der Waals surface area contributed by atoms with Gasteiger partial charge in [0.2, 0.25) is 0 Å². The van der Waals surface area contributed by atoms with Gasteiger partial charge in [0.15, 0.2) is 5.92 Å². The summed E-state index contributed by atoms with van der Waals surface area (Å²) in [4.78, 5) is 21.9. The lowest BCUT2D eigenvalue weighted by molar-refractivity contribution is -0.150. The van der Waals surface area contributed by atoms with Crippen LogP contribution in [0, 0.1) is 5.82 Å². The van der Waals surface area contributed by atoms with Crippen LogP contribution in [-0.2, 0) is 16.2 Å². The average Bonchev–Trinajstić information content (AvgIpc) is 2.55. The minimum atomic E-state index is -1.96. The number of hydrogen-bond donors (Lipinski definition) is 2. The first kappa shape index (κ1) is 17.3. The first-order valence-electron chi connectivity index (χ1n) is 6.93. The Kier molecular flexibility index (Phi) is 5.36. The van der Waals surface area contributed by atoms with Gasteiger partial charge in [0.05, 0.1) is 7.11 Å². The average molecular weight is 334 g/mol. The summed E-state index contributed by atoms with van der Waals surface area (Å²) in [6.45, 7) is 0.171. The smallest absolute Gasteiger partial charge is 0.322 e. The second-order valence-corrected chi connectivity index (χ2v) is 4.93. The Labute approximate surface area is 137 Å². The Morgan fingerprint density at radius 1 is 1.04 bits per heavy atom. The molecule has 2 aromatic carbocycles. The molecule has 0 heterocycles. The van der Waals surface area contributed by atoms with E-state index in [-0.39, 0.29) is 12.4 Å². The molecule has 126 valence electrons. The highest BCUT2D eigenvalue weighted by atomic mass is 19.1. The third-order valence-corrected chi connectivity index (χ3v) is 3.34. The molecule has 2 aromatic rings. The second kappa shape index (κ2) is 7.45. The fourth-order valence-electron chi connectivity index (χ4n) is 2.09. The minimum Gasteiger partial charge on any atom is -0.497 e. The molecule has 0 bridgehead atoms. The molecule has 2 rings (SSSR count). The number of rotatable bonds is 7. The van der Waals surface area contributed by atoms with Gasteiger partial charge in [-0.1, -0.05) is 18.2 Å². The van der Waals surface area contributed by atoms with Crippen molar-refractivity contribution in [2.24, 2.45) is 0 Å². The van der Waals surface area contributed by atoms with Gasteiger partial charge in [-0.3, -0.25) is 9.59 Å². The van der Waals surface area contributed by atoms with Crippen LogP contribution in [0.4, 0.5) is 4.39 Å². The van der Waals surface area contributed by atoms with Gasteiger partial charge >= 0.3 is 11.9 Å². The normalized spacial score (nSPS) is 10.5. The molecule has 0 unspecified atom stereocenters. The molecular formula is C17H15FO6. The number of carbonyl (C=O) groups is 2. The van der Waals surface area contributed by atoms with Crippen molar-refractivity contribution in [2.45, 2.75) is 12.5 Å². The molecule has 0 aromatic heterocycles. The first-order chi connectivity index (χ1) is 11.4. The largest absolute Gasteiger partial charge is 0.497 e. The van der Waals surface area contributed by atoms with E-state index in [9.17, 15) is 14.0 Å². The maximum atomic E-state index is 14.0. The van der Waals surface area contributed by atoms with Crippen LogP contribution in [0.15, 0.2) is 42.5 Å². The van der Waals surface area contributed by atoms with Crippen molar-refractivity contribution in [2.75, 3.05) is 7.11 Å². The number of carboxylic acid groups (broad SMARTS) is 2. The fraction of sp³-hybridized carbons (Fsp3) is 0.176. The van der Waals surface area contributed by atoms with Crippen molar-refractivity contribution >= 4 is 11.9 Å². The quantitative estimate of drug-likeness (QED) is 0.756. The van der Waals surface area contributed by atoms with Crippen LogP contribution < -0.4 is 9.47 Å². The van der Waals surface area contributed by atoms with E-state index < -0.39 is 29.2 Å². The molecule has 0 aliphatic carbocycles. The summed E-state index contributed by atoms with van der Waals surface area (Å²) in [6.07, 6.45) is 0. The zero-order chi connectivity index (χ0) is 17.7. The highest BCUT2D eigenvalue weighted by Crippen LogP contribution is 2.25. The number of benzene rings is 2. The van der Waals surface area contributed by atoms with Crippen LogP contribution in [0.1, 0.15) is 17.0 Å². The van der Waals surface area contributed by atoms with Gasteiger partial charge < -0.3 is 19.7 Å². The van der Waals surface area contributed by atoms with E-state index in [1.54, 1.807) is 31.4 Å². The molecule has 0 fully saturated rings. The molecule has 0 radical (unpaired) electrons. The zero-order valence-corrected chi connectivity index (χ0v) is 12.7. The van der Waals surface area contributed by atoms with Gasteiger partial charge in [-0.25, -0.2) is 4.39 Å². The van der Waals surface area contributed by atoms with E-state index in [2.05, 4.69) is 0 Å². The number of ether oxygens (including phenoxy) is 2.